The van der Waals surface area contributed by atoms with Crippen LogP contribution < -0.4 is 11.1 Å². The second-order valence-corrected chi connectivity index (χ2v) is 8.13. The van der Waals surface area contributed by atoms with Crippen LogP contribution in [-0.2, 0) is 4.79 Å². The molecule has 0 aliphatic carbocycles. The van der Waals surface area contributed by atoms with E-state index in [0.717, 1.165) is 18.4 Å². The lowest BCUT2D eigenvalue weighted by molar-refractivity contribution is -0.126. The van der Waals surface area contributed by atoms with E-state index in [-0.39, 0.29) is 28.8 Å². The van der Waals surface area contributed by atoms with Gasteiger partial charge >= 0.3 is 0 Å². The Kier molecular flexibility index (Phi) is 8.19. The number of benzene rings is 1. The Hall–Kier alpha value is -4.79. The van der Waals surface area contributed by atoms with Crippen LogP contribution in [0.4, 0.5) is 11.6 Å². The van der Waals surface area contributed by atoms with E-state index in [1.807, 2.05) is 16.5 Å². The maximum atomic E-state index is 12.6. The van der Waals surface area contributed by atoms with Gasteiger partial charge in [-0.3, -0.25) is 14.0 Å². The molecule has 1 aliphatic heterocycles. The van der Waals surface area contributed by atoms with Crippen molar-refractivity contribution in [3.63, 3.8) is 0 Å². The first-order valence-corrected chi connectivity index (χ1v) is 11.3. The third-order valence-corrected chi connectivity index (χ3v) is 5.98. The molecule has 4 aromatic rings. The Morgan fingerprint density at radius 2 is 1.86 bits per heavy atom. The van der Waals surface area contributed by atoms with Crippen LogP contribution in [0.2, 0.25) is 0 Å². The summed E-state index contributed by atoms with van der Waals surface area (Å²) in [4.78, 5) is 40.3. The van der Waals surface area contributed by atoms with E-state index in [0.29, 0.717) is 40.8 Å². The first-order valence-electron chi connectivity index (χ1n) is 11.3. The molecule has 5 rings (SSSR count). The highest BCUT2D eigenvalue weighted by molar-refractivity contribution is 6.04. The number of amides is 2. The average molecular weight is 502 g/mol. The minimum Gasteiger partial charge on any atom is -0.412 e. The number of likely N-dealkylation sites (tertiary alicyclic amines) is 1. The normalized spacial score (nSPS) is 14.2. The van der Waals surface area contributed by atoms with Crippen molar-refractivity contribution in [3.8, 4) is 23.1 Å². The highest BCUT2D eigenvalue weighted by atomic mass is 16.2. The predicted molar refractivity (Wildman–Crippen MR) is 139 cm³/mol. The molecule has 1 atom stereocenters. The van der Waals surface area contributed by atoms with Gasteiger partial charge in [0.1, 0.15) is 28.7 Å². The summed E-state index contributed by atoms with van der Waals surface area (Å²) in [5, 5.41) is 2.77. The molecule has 0 spiro atoms. The molecule has 0 bridgehead atoms. The lowest BCUT2D eigenvalue weighted by Crippen LogP contribution is -2.30. The van der Waals surface area contributed by atoms with Gasteiger partial charge < -0.3 is 26.9 Å². The number of nitrogen functional groups attached to an aromatic ring is 1. The van der Waals surface area contributed by atoms with Crippen LogP contribution in [-0.4, -0.2) is 53.6 Å². The van der Waals surface area contributed by atoms with E-state index in [2.05, 4.69) is 27.1 Å². The van der Waals surface area contributed by atoms with E-state index in [1.54, 1.807) is 60.7 Å². The third-order valence-electron chi connectivity index (χ3n) is 5.98. The standard InChI is InChI=1S/C26H23N7O2.2H2O/c1-2-6-21(34)32-15-5-7-19(32)25-31-22(23-24(27)29-14-16-33(23)25)17-9-11-18(12-10-17)26(35)30-20-8-3-4-13-28-20;;/h3-4,8-14,16,19H,5,7,15H2,1H3,(H2,27,29)(H,28,30,35);2*1H2/t19-;;/m0../s1. The fourth-order valence-electron chi connectivity index (χ4n) is 4.39. The summed E-state index contributed by atoms with van der Waals surface area (Å²) in [6.07, 6.45) is 6.69. The lowest BCUT2D eigenvalue weighted by Gasteiger charge is -2.21. The number of nitrogens with one attached hydrogen (secondary N) is 1. The monoisotopic (exact) mass is 501 g/mol. The number of nitrogens with two attached hydrogens (primary N) is 1. The molecule has 1 aliphatic rings. The minimum absolute atomic E-state index is 0. The van der Waals surface area contributed by atoms with E-state index in [1.165, 1.54) is 0 Å². The molecule has 0 unspecified atom stereocenters. The van der Waals surface area contributed by atoms with Gasteiger partial charge in [-0.05, 0) is 50.0 Å². The molecule has 3 aromatic heterocycles. The lowest BCUT2D eigenvalue weighted by atomic mass is 10.1. The number of nitrogens with zero attached hydrogens (tertiary/aromatic N) is 5. The Morgan fingerprint density at radius 3 is 2.57 bits per heavy atom. The quantitative estimate of drug-likeness (QED) is 0.401. The highest BCUT2D eigenvalue weighted by Crippen LogP contribution is 2.36. The summed E-state index contributed by atoms with van der Waals surface area (Å²) >= 11 is 0. The van der Waals surface area contributed by atoms with Crippen molar-refractivity contribution in [2.45, 2.75) is 25.8 Å². The molecule has 37 heavy (non-hydrogen) atoms. The van der Waals surface area contributed by atoms with Crippen molar-refractivity contribution in [1.82, 2.24) is 24.3 Å². The van der Waals surface area contributed by atoms with E-state index < -0.39 is 0 Å². The smallest absolute Gasteiger partial charge is 0.299 e. The van der Waals surface area contributed by atoms with Crippen LogP contribution in [0.1, 0.15) is 42.0 Å². The van der Waals surface area contributed by atoms with Gasteiger partial charge in [0.25, 0.3) is 11.8 Å². The van der Waals surface area contributed by atoms with Crippen LogP contribution in [0.5, 0.6) is 0 Å². The molecular formula is C26H27N7O4. The van der Waals surface area contributed by atoms with Crippen molar-refractivity contribution in [2.75, 3.05) is 17.6 Å². The van der Waals surface area contributed by atoms with Crippen molar-refractivity contribution in [1.29, 1.82) is 0 Å². The number of fused-ring (bicyclic) bond motifs is 1. The molecular weight excluding hydrogens is 474 g/mol. The SMILES string of the molecule is CC#CC(=O)N1CCC[C@H]1c1nc(-c2ccc(C(=O)Nc3ccccn3)cc2)c2c(N)nccn12.O.O. The Morgan fingerprint density at radius 1 is 1.08 bits per heavy atom. The highest BCUT2D eigenvalue weighted by Gasteiger charge is 2.33. The topological polar surface area (TPSA) is 182 Å². The maximum absolute atomic E-state index is 12.6. The molecule has 0 radical (unpaired) electrons. The van der Waals surface area contributed by atoms with E-state index >= 15 is 0 Å². The molecule has 1 saturated heterocycles. The fourth-order valence-corrected chi connectivity index (χ4v) is 4.39. The van der Waals surface area contributed by atoms with Gasteiger partial charge in [0.15, 0.2) is 0 Å². The first-order chi connectivity index (χ1) is 17.1. The molecule has 11 nitrogen and oxygen atoms in total. The summed E-state index contributed by atoms with van der Waals surface area (Å²) in [6.45, 7) is 2.28. The summed E-state index contributed by atoms with van der Waals surface area (Å²) < 4.78 is 1.90. The van der Waals surface area contributed by atoms with Crippen molar-refractivity contribution >= 4 is 29.0 Å². The Labute approximate surface area is 213 Å². The number of pyridine rings is 1. The molecule has 0 saturated carbocycles. The zero-order chi connectivity index (χ0) is 24.4. The number of hydrogen-bond acceptors (Lipinski definition) is 6. The third kappa shape index (κ3) is 5.11. The van der Waals surface area contributed by atoms with Crippen molar-refractivity contribution in [3.05, 3.63) is 72.4 Å². The number of carbonyl (C=O) groups excluding carboxylic acids is 2. The van der Waals surface area contributed by atoms with Gasteiger partial charge in [0, 0.05) is 36.3 Å². The largest absolute Gasteiger partial charge is 0.412 e. The second-order valence-electron chi connectivity index (χ2n) is 8.13. The molecule has 7 N–H and O–H groups in total. The number of hydrogen-bond donors (Lipinski definition) is 2. The van der Waals surface area contributed by atoms with Crippen molar-refractivity contribution in [2.24, 2.45) is 0 Å². The molecule has 1 fully saturated rings. The summed E-state index contributed by atoms with van der Waals surface area (Å²) in [5.41, 5.74) is 8.84. The van der Waals surface area contributed by atoms with Crippen LogP contribution in [0.15, 0.2) is 61.1 Å². The first kappa shape index (κ1) is 26.8. The van der Waals surface area contributed by atoms with Crippen LogP contribution in [0.3, 0.4) is 0 Å². The van der Waals surface area contributed by atoms with Gasteiger partial charge in [-0.15, -0.1) is 0 Å². The zero-order valence-corrected chi connectivity index (χ0v) is 20.1. The average Bonchev–Trinajstić information content (AvgIpc) is 3.51. The van der Waals surface area contributed by atoms with Crippen molar-refractivity contribution < 1.29 is 20.5 Å². The Balaban J connectivity index is 0.00000190. The molecule has 4 heterocycles. The van der Waals surface area contributed by atoms with Gasteiger partial charge in [-0.2, -0.15) is 0 Å². The fraction of sp³-hybridized carbons (Fsp3) is 0.192. The molecule has 11 heteroatoms. The van der Waals surface area contributed by atoms with Gasteiger partial charge in [0.05, 0.1) is 6.04 Å². The second kappa shape index (κ2) is 11.3. The number of carbonyl (C=O) groups is 2. The van der Waals surface area contributed by atoms with E-state index in [4.69, 9.17) is 10.7 Å². The summed E-state index contributed by atoms with van der Waals surface area (Å²) in [6, 6.07) is 12.2. The summed E-state index contributed by atoms with van der Waals surface area (Å²) in [7, 11) is 0. The van der Waals surface area contributed by atoms with Gasteiger partial charge in [-0.25, -0.2) is 15.0 Å². The summed E-state index contributed by atoms with van der Waals surface area (Å²) in [5.74, 6) is 6.39. The molecule has 190 valence electrons. The van der Waals surface area contributed by atoms with Crippen LogP contribution in [0, 0.1) is 11.8 Å². The number of imidazole rings is 1. The van der Waals surface area contributed by atoms with Gasteiger partial charge in [0.2, 0.25) is 0 Å². The number of rotatable bonds is 4. The minimum atomic E-state index is -0.260. The van der Waals surface area contributed by atoms with Crippen LogP contribution >= 0.6 is 0 Å². The number of aromatic nitrogens is 4. The van der Waals surface area contributed by atoms with Crippen LogP contribution in [0.25, 0.3) is 16.8 Å². The predicted octanol–water partition coefficient (Wildman–Crippen LogP) is 1.66. The Bertz CT molecular complexity index is 1470. The maximum Gasteiger partial charge on any atom is 0.299 e. The molecule has 1 aromatic carbocycles. The van der Waals surface area contributed by atoms with E-state index in [9.17, 15) is 9.59 Å². The number of anilines is 2. The molecule has 2 amide bonds. The zero-order valence-electron chi connectivity index (χ0n) is 20.1. The van der Waals surface area contributed by atoms with Gasteiger partial charge in [-0.1, -0.05) is 24.1 Å².